The molecule has 0 radical (unpaired) electrons. The monoisotopic (exact) mass is 365 g/mol. The summed E-state index contributed by atoms with van der Waals surface area (Å²) >= 11 is 0. The number of ether oxygens (including phenoxy) is 2. The van der Waals surface area contributed by atoms with Crippen LogP contribution in [0.1, 0.15) is 24.4 Å². The van der Waals surface area contributed by atoms with Gasteiger partial charge in [-0.2, -0.15) is 0 Å². The molecule has 7 heteroatoms. The van der Waals surface area contributed by atoms with Gasteiger partial charge in [0.05, 0.1) is 25.3 Å². The average molecular weight is 365 g/mol. The van der Waals surface area contributed by atoms with Crippen LogP contribution in [0.25, 0.3) is 0 Å². The number of morpholine rings is 1. The van der Waals surface area contributed by atoms with E-state index in [9.17, 15) is 9.18 Å². The van der Waals surface area contributed by atoms with Gasteiger partial charge in [0.25, 0.3) is 0 Å². The van der Waals surface area contributed by atoms with Crippen LogP contribution in [-0.2, 0) is 14.3 Å². The topological polar surface area (TPSA) is 76.8 Å². The predicted octanol–water partition coefficient (Wildman–Crippen LogP) is 1.07. The lowest BCUT2D eigenvalue weighted by Gasteiger charge is -2.35. The number of hydrogen-bond donors (Lipinski definition) is 2. The summed E-state index contributed by atoms with van der Waals surface area (Å²) in [5.74, 6) is -0.266. The number of nitrogens with zero attached hydrogens (tertiary/aromatic N) is 1. The molecule has 2 aliphatic rings. The molecule has 2 aliphatic heterocycles. The number of carbonyl (C=O) groups excluding carboxylic acids is 1. The van der Waals surface area contributed by atoms with E-state index in [1.165, 1.54) is 12.1 Å². The van der Waals surface area contributed by atoms with Crippen molar-refractivity contribution in [2.45, 2.75) is 24.9 Å². The van der Waals surface area contributed by atoms with E-state index in [0.29, 0.717) is 33.0 Å². The van der Waals surface area contributed by atoms with Gasteiger partial charge in [0, 0.05) is 32.8 Å². The summed E-state index contributed by atoms with van der Waals surface area (Å²) in [5, 5.41) is 2.99. The van der Waals surface area contributed by atoms with Gasteiger partial charge in [-0.1, -0.05) is 12.1 Å². The Bertz CT molecular complexity index is 589. The Hall–Kier alpha value is -1.54. The third-order valence-corrected chi connectivity index (χ3v) is 5.27. The molecule has 0 bridgehead atoms. The fourth-order valence-electron chi connectivity index (χ4n) is 3.66. The molecule has 2 saturated heterocycles. The summed E-state index contributed by atoms with van der Waals surface area (Å²) in [4.78, 5) is 14.8. The molecule has 0 spiro atoms. The lowest BCUT2D eigenvalue weighted by molar-refractivity contribution is -0.124. The molecule has 144 valence electrons. The van der Waals surface area contributed by atoms with E-state index in [2.05, 4.69) is 10.2 Å². The Morgan fingerprint density at radius 3 is 2.62 bits per heavy atom. The van der Waals surface area contributed by atoms with Crippen molar-refractivity contribution in [2.75, 3.05) is 46.1 Å². The molecule has 3 rings (SSSR count). The van der Waals surface area contributed by atoms with Gasteiger partial charge in [-0.25, -0.2) is 4.39 Å². The van der Waals surface area contributed by atoms with E-state index < -0.39 is 6.04 Å². The van der Waals surface area contributed by atoms with E-state index in [1.54, 1.807) is 6.07 Å². The van der Waals surface area contributed by atoms with Crippen LogP contribution in [0, 0.1) is 11.7 Å². The minimum absolute atomic E-state index is 0.0968. The highest BCUT2D eigenvalue weighted by Gasteiger charge is 2.28. The molecule has 2 atom stereocenters. The normalized spacial score (nSPS) is 21.9. The highest BCUT2D eigenvalue weighted by atomic mass is 19.1. The van der Waals surface area contributed by atoms with Gasteiger partial charge in [-0.3, -0.25) is 9.69 Å². The maximum Gasteiger partial charge on any atom is 0.237 e. The zero-order valence-electron chi connectivity index (χ0n) is 15.0. The van der Waals surface area contributed by atoms with E-state index in [0.717, 1.165) is 31.5 Å². The van der Waals surface area contributed by atoms with Crippen LogP contribution in [0.5, 0.6) is 0 Å². The largest absolute Gasteiger partial charge is 0.381 e. The number of nitrogens with two attached hydrogens (primary N) is 1. The summed E-state index contributed by atoms with van der Waals surface area (Å²) < 4.78 is 24.5. The Morgan fingerprint density at radius 2 is 1.92 bits per heavy atom. The molecule has 2 unspecified atom stereocenters. The van der Waals surface area contributed by atoms with Crippen LogP contribution >= 0.6 is 0 Å². The molecule has 0 aliphatic carbocycles. The summed E-state index contributed by atoms with van der Waals surface area (Å²) in [7, 11) is 0. The molecular formula is C19H28FN3O3. The first-order chi connectivity index (χ1) is 12.6. The summed E-state index contributed by atoms with van der Waals surface area (Å²) in [6.45, 7) is 4.50. The fourth-order valence-corrected chi connectivity index (χ4v) is 3.66. The Kier molecular flexibility index (Phi) is 6.96. The molecule has 0 aromatic heterocycles. The molecule has 1 aromatic rings. The lowest BCUT2D eigenvalue weighted by atomic mass is 9.91. The average Bonchev–Trinajstić information content (AvgIpc) is 2.69. The third kappa shape index (κ3) is 5.01. The molecular weight excluding hydrogens is 337 g/mol. The van der Waals surface area contributed by atoms with Crippen molar-refractivity contribution < 1.29 is 18.7 Å². The van der Waals surface area contributed by atoms with Crippen LogP contribution in [0.2, 0.25) is 0 Å². The SMILES string of the molecule is NC(C(=O)NCC(c1cccc(F)c1)N1CCOCC1)C1CCOCC1. The molecule has 1 amide bonds. The summed E-state index contributed by atoms with van der Waals surface area (Å²) in [6.07, 6.45) is 1.62. The predicted molar refractivity (Wildman–Crippen MR) is 96.1 cm³/mol. The van der Waals surface area contributed by atoms with Crippen molar-refractivity contribution >= 4 is 5.91 Å². The Morgan fingerprint density at radius 1 is 1.23 bits per heavy atom. The minimum atomic E-state index is -0.531. The Labute approximate surface area is 153 Å². The molecule has 2 heterocycles. The lowest BCUT2D eigenvalue weighted by Crippen LogP contribution is -2.50. The van der Waals surface area contributed by atoms with Crippen LogP contribution in [-0.4, -0.2) is 62.9 Å². The number of hydrogen-bond acceptors (Lipinski definition) is 5. The number of benzene rings is 1. The van der Waals surface area contributed by atoms with Gasteiger partial charge >= 0.3 is 0 Å². The van der Waals surface area contributed by atoms with Crippen molar-refractivity contribution in [1.82, 2.24) is 10.2 Å². The van der Waals surface area contributed by atoms with Gasteiger partial charge < -0.3 is 20.5 Å². The quantitative estimate of drug-likeness (QED) is 0.789. The van der Waals surface area contributed by atoms with Crippen molar-refractivity contribution in [3.63, 3.8) is 0 Å². The maximum absolute atomic E-state index is 13.7. The zero-order chi connectivity index (χ0) is 18.4. The smallest absolute Gasteiger partial charge is 0.237 e. The van der Waals surface area contributed by atoms with E-state index >= 15 is 0 Å². The van der Waals surface area contributed by atoms with Gasteiger partial charge in [0.15, 0.2) is 0 Å². The molecule has 1 aromatic carbocycles. The van der Waals surface area contributed by atoms with E-state index in [1.807, 2.05) is 6.07 Å². The number of carbonyl (C=O) groups is 1. The van der Waals surface area contributed by atoms with Crippen molar-refractivity contribution in [2.24, 2.45) is 11.7 Å². The summed E-state index contributed by atoms with van der Waals surface area (Å²) in [5.41, 5.74) is 7.01. The van der Waals surface area contributed by atoms with Gasteiger partial charge in [-0.15, -0.1) is 0 Å². The molecule has 3 N–H and O–H groups in total. The summed E-state index contributed by atoms with van der Waals surface area (Å²) in [6, 6.07) is 5.93. The first-order valence-electron chi connectivity index (χ1n) is 9.33. The number of halogens is 1. The van der Waals surface area contributed by atoms with Crippen LogP contribution in [0.15, 0.2) is 24.3 Å². The van der Waals surface area contributed by atoms with Gasteiger partial charge in [0.2, 0.25) is 5.91 Å². The van der Waals surface area contributed by atoms with Crippen molar-refractivity contribution in [3.8, 4) is 0 Å². The second-order valence-corrected chi connectivity index (χ2v) is 6.94. The maximum atomic E-state index is 13.7. The highest BCUT2D eigenvalue weighted by molar-refractivity contribution is 5.81. The second-order valence-electron chi connectivity index (χ2n) is 6.94. The van der Waals surface area contributed by atoms with Crippen molar-refractivity contribution in [3.05, 3.63) is 35.6 Å². The van der Waals surface area contributed by atoms with Crippen LogP contribution < -0.4 is 11.1 Å². The first-order valence-corrected chi connectivity index (χ1v) is 9.33. The van der Waals surface area contributed by atoms with E-state index in [-0.39, 0.29) is 23.7 Å². The molecule has 6 nitrogen and oxygen atoms in total. The first kappa shape index (κ1) is 19.2. The van der Waals surface area contributed by atoms with Gasteiger partial charge in [0.1, 0.15) is 5.82 Å². The van der Waals surface area contributed by atoms with Crippen LogP contribution in [0.4, 0.5) is 4.39 Å². The standard InChI is InChI=1S/C19H28FN3O3/c20-16-3-1-2-15(12-16)17(23-6-10-26-11-7-23)13-22-19(24)18(21)14-4-8-25-9-5-14/h1-3,12,14,17-18H,4-11,13,21H2,(H,22,24). The fraction of sp³-hybridized carbons (Fsp3) is 0.632. The van der Waals surface area contributed by atoms with E-state index in [4.69, 9.17) is 15.2 Å². The Balaban J connectivity index is 1.64. The second kappa shape index (κ2) is 9.41. The minimum Gasteiger partial charge on any atom is -0.381 e. The third-order valence-electron chi connectivity index (χ3n) is 5.27. The van der Waals surface area contributed by atoms with Crippen LogP contribution in [0.3, 0.4) is 0 Å². The molecule has 2 fully saturated rings. The highest BCUT2D eigenvalue weighted by Crippen LogP contribution is 2.23. The number of rotatable bonds is 6. The number of amides is 1. The van der Waals surface area contributed by atoms with Gasteiger partial charge in [-0.05, 0) is 36.5 Å². The zero-order valence-corrected chi connectivity index (χ0v) is 15.0. The molecule has 0 saturated carbocycles. The molecule has 26 heavy (non-hydrogen) atoms. The number of nitrogens with one attached hydrogen (secondary N) is 1. The van der Waals surface area contributed by atoms with Crippen molar-refractivity contribution in [1.29, 1.82) is 0 Å².